The van der Waals surface area contributed by atoms with E-state index in [-0.39, 0.29) is 12.5 Å². The van der Waals surface area contributed by atoms with E-state index >= 15 is 0 Å². The van der Waals surface area contributed by atoms with Crippen molar-refractivity contribution in [2.24, 2.45) is 0 Å². The van der Waals surface area contributed by atoms with Crippen LogP contribution < -0.4 is 10.1 Å². The first-order valence-corrected chi connectivity index (χ1v) is 10.6. The van der Waals surface area contributed by atoms with Crippen LogP contribution in [0.15, 0.2) is 72.8 Å². The lowest BCUT2D eigenvalue weighted by Crippen LogP contribution is -2.48. The van der Waals surface area contributed by atoms with Crippen molar-refractivity contribution < 1.29 is 9.53 Å². The Balaban J connectivity index is 1.14. The Kier molecular flexibility index (Phi) is 6.95. The van der Waals surface area contributed by atoms with Crippen LogP contribution in [0.5, 0.6) is 5.75 Å². The summed E-state index contributed by atoms with van der Waals surface area (Å²) in [6.07, 6.45) is 0. The van der Waals surface area contributed by atoms with Crippen molar-refractivity contribution in [3.8, 4) is 5.75 Å². The predicted molar refractivity (Wildman–Crippen MR) is 121 cm³/mol. The largest absolute Gasteiger partial charge is 0.483 e. The molecule has 3 aromatic rings. The Morgan fingerprint density at radius 1 is 0.833 bits per heavy atom. The highest BCUT2D eigenvalue weighted by atomic mass is 16.5. The molecule has 1 fully saturated rings. The molecule has 0 saturated carbocycles. The number of fused-ring (bicyclic) bond motifs is 1. The average Bonchev–Trinajstić information content (AvgIpc) is 2.79. The Morgan fingerprint density at radius 2 is 1.53 bits per heavy atom. The Morgan fingerprint density at radius 3 is 2.37 bits per heavy atom. The fraction of sp³-hybridized carbons (Fsp3) is 0.320. The van der Waals surface area contributed by atoms with E-state index in [0.29, 0.717) is 6.54 Å². The van der Waals surface area contributed by atoms with Gasteiger partial charge in [0.1, 0.15) is 5.75 Å². The van der Waals surface area contributed by atoms with Gasteiger partial charge in [-0.2, -0.15) is 0 Å². The number of piperazine rings is 1. The first kappa shape index (κ1) is 20.4. The van der Waals surface area contributed by atoms with Gasteiger partial charge in [-0.05, 0) is 17.0 Å². The normalized spacial score (nSPS) is 15.2. The minimum atomic E-state index is -0.0781. The van der Waals surface area contributed by atoms with Crippen LogP contribution in [0.25, 0.3) is 10.8 Å². The van der Waals surface area contributed by atoms with Crippen LogP contribution in [0.4, 0.5) is 0 Å². The maximum atomic E-state index is 12.2. The van der Waals surface area contributed by atoms with Gasteiger partial charge in [0.15, 0.2) is 6.61 Å². The standard InChI is InChI=1S/C25H29N3O2/c29-25(20-30-24-12-6-10-22-9-4-5-11-23(22)24)26-13-14-27-15-17-28(18-16-27)19-21-7-2-1-3-8-21/h1-12H,13-20H2,(H,26,29). The lowest BCUT2D eigenvalue weighted by atomic mass is 10.1. The van der Waals surface area contributed by atoms with Crippen LogP contribution in [-0.2, 0) is 11.3 Å². The van der Waals surface area contributed by atoms with E-state index in [2.05, 4.69) is 45.4 Å². The monoisotopic (exact) mass is 403 g/mol. The van der Waals surface area contributed by atoms with E-state index in [0.717, 1.165) is 55.8 Å². The summed E-state index contributed by atoms with van der Waals surface area (Å²) in [6.45, 7) is 6.77. The van der Waals surface area contributed by atoms with Gasteiger partial charge in [0.2, 0.25) is 0 Å². The number of carbonyl (C=O) groups excluding carboxylic acids is 1. The second-order valence-electron chi connectivity index (χ2n) is 7.72. The lowest BCUT2D eigenvalue weighted by molar-refractivity contribution is -0.123. The average molecular weight is 404 g/mol. The zero-order valence-corrected chi connectivity index (χ0v) is 17.3. The number of nitrogens with zero attached hydrogens (tertiary/aromatic N) is 2. The summed E-state index contributed by atoms with van der Waals surface area (Å²) in [7, 11) is 0. The number of nitrogens with one attached hydrogen (secondary N) is 1. The third kappa shape index (κ3) is 5.59. The molecule has 0 aromatic heterocycles. The Labute approximate surface area is 178 Å². The van der Waals surface area contributed by atoms with E-state index in [4.69, 9.17) is 4.74 Å². The number of hydrogen-bond acceptors (Lipinski definition) is 4. The molecule has 1 amide bonds. The van der Waals surface area contributed by atoms with Crippen LogP contribution >= 0.6 is 0 Å². The van der Waals surface area contributed by atoms with Gasteiger partial charge in [-0.1, -0.05) is 66.7 Å². The molecule has 3 aromatic carbocycles. The third-order valence-electron chi connectivity index (χ3n) is 5.57. The van der Waals surface area contributed by atoms with Gasteiger partial charge in [0.05, 0.1) is 0 Å². The summed E-state index contributed by atoms with van der Waals surface area (Å²) < 4.78 is 5.76. The molecule has 0 aliphatic carbocycles. The number of carbonyl (C=O) groups is 1. The molecule has 0 atom stereocenters. The predicted octanol–water partition coefficient (Wildman–Crippen LogP) is 3.15. The molecular formula is C25H29N3O2. The second-order valence-corrected chi connectivity index (χ2v) is 7.72. The first-order valence-electron chi connectivity index (χ1n) is 10.6. The number of amides is 1. The van der Waals surface area contributed by atoms with Crippen molar-refractivity contribution in [2.45, 2.75) is 6.54 Å². The van der Waals surface area contributed by atoms with Crippen molar-refractivity contribution in [1.82, 2.24) is 15.1 Å². The van der Waals surface area contributed by atoms with E-state index in [1.165, 1.54) is 5.56 Å². The number of rotatable bonds is 8. The molecule has 1 aliphatic heterocycles. The zero-order chi connectivity index (χ0) is 20.6. The molecule has 0 unspecified atom stereocenters. The van der Waals surface area contributed by atoms with Gasteiger partial charge in [0.25, 0.3) is 5.91 Å². The maximum absolute atomic E-state index is 12.2. The molecule has 1 N–H and O–H groups in total. The minimum absolute atomic E-state index is 0.0405. The molecule has 4 rings (SSSR count). The van der Waals surface area contributed by atoms with E-state index in [1.807, 2.05) is 42.5 Å². The fourth-order valence-electron chi connectivity index (χ4n) is 3.88. The highest BCUT2D eigenvalue weighted by molar-refractivity contribution is 5.88. The highest BCUT2D eigenvalue weighted by Gasteiger charge is 2.16. The quantitative estimate of drug-likeness (QED) is 0.628. The summed E-state index contributed by atoms with van der Waals surface area (Å²) in [5.41, 5.74) is 1.37. The summed E-state index contributed by atoms with van der Waals surface area (Å²) in [4.78, 5) is 17.1. The van der Waals surface area contributed by atoms with Gasteiger partial charge in [-0.25, -0.2) is 0 Å². The molecule has 1 saturated heterocycles. The van der Waals surface area contributed by atoms with E-state index in [9.17, 15) is 4.79 Å². The van der Waals surface area contributed by atoms with Crippen LogP contribution in [0.1, 0.15) is 5.56 Å². The molecule has 1 aliphatic rings. The second kappa shape index (κ2) is 10.2. The van der Waals surface area contributed by atoms with Gasteiger partial charge in [0, 0.05) is 51.2 Å². The Hall–Kier alpha value is -2.89. The molecular weight excluding hydrogens is 374 g/mol. The maximum Gasteiger partial charge on any atom is 0.257 e. The zero-order valence-electron chi connectivity index (χ0n) is 17.3. The van der Waals surface area contributed by atoms with Crippen LogP contribution in [0, 0.1) is 0 Å². The number of benzene rings is 3. The fourth-order valence-corrected chi connectivity index (χ4v) is 3.88. The molecule has 1 heterocycles. The summed E-state index contributed by atoms with van der Waals surface area (Å²) in [5.74, 6) is 0.670. The van der Waals surface area contributed by atoms with E-state index in [1.54, 1.807) is 0 Å². The van der Waals surface area contributed by atoms with Crippen molar-refractivity contribution in [3.63, 3.8) is 0 Å². The number of ether oxygens (including phenoxy) is 1. The van der Waals surface area contributed by atoms with Crippen molar-refractivity contribution in [1.29, 1.82) is 0 Å². The van der Waals surface area contributed by atoms with Gasteiger partial charge < -0.3 is 10.1 Å². The SMILES string of the molecule is O=C(COc1cccc2ccccc12)NCCN1CCN(Cc2ccccc2)CC1. The highest BCUT2D eigenvalue weighted by Crippen LogP contribution is 2.24. The molecule has 0 radical (unpaired) electrons. The minimum Gasteiger partial charge on any atom is -0.483 e. The first-order chi connectivity index (χ1) is 14.8. The smallest absolute Gasteiger partial charge is 0.257 e. The molecule has 0 bridgehead atoms. The summed E-state index contributed by atoms with van der Waals surface area (Å²) in [5, 5.41) is 5.12. The Bertz CT molecular complexity index is 948. The van der Waals surface area contributed by atoms with E-state index < -0.39 is 0 Å². The van der Waals surface area contributed by atoms with Crippen LogP contribution in [-0.4, -0.2) is 61.6 Å². The molecule has 30 heavy (non-hydrogen) atoms. The van der Waals surface area contributed by atoms with Gasteiger partial charge in [-0.15, -0.1) is 0 Å². The third-order valence-corrected chi connectivity index (χ3v) is 5.57. The van der Waals surface area contributed by atoms with Gasteiger partial charge in [-0.3, -0.25) is 14.6 Å². The molecule has 0 spiro atoms. The molecule has 5 nitrogen and oxygen atoms in total. The van der Waals surface area contributed by atoms with Crippen molar-refractivity contribution >= 4 is 16.7 Å². The summed E-state index contributed by atoms with van der Waals surface area (Å²) in [6, 6.07) is 24.6. The number of hydrogen-bond donors (Lipinski definition) is 1. The summed E-state index contributed by atoms with van der Waals surface area (Å²) >= 11 is 0. The molecule has 5 heteroatoms. The van der Waals surface area contributed by atoms with Crippen LogP contribution in [0.3, 0.4) is 0 Å². The van der Waals surface area contributed by atoms with Crippen molar-refractivity contribution in [3.05, 3.63) is 78.4 Å². The van der Waals surface area contributed by atoms with Crippen molar-refractivity contribution in [2.75, 3.05) is 45.9 Å². The topological polar surface area (TPSA) is 44.8 Å². The van der Waals surface area contributed by atoms with Crippen LogP contribution in [0.2, 0.25) is 0 Å². The lowest BCUT2D eigenvalue weighted by Gasteiger charge is -2.34. The molecule has 156 valence electrons. The van der Waals surface area contributed by atoms with Gasteiger partial charge >= 0.3 is 0 Å².